The van der Waals surface area contributed by atoms with E-state index in [1.165, 1.54) is 4.90 Å². The summed E-state index contributed by atoms with van der Waals surface area (Å²) in [6, 6.07) is 3.43. The van der Waals surface area contributed by atoms with E-state index in [1.54, 1.807) is 24.3 Å². The molecule has 26 heavy (non-hydrogen) atoms. The van der Waals surface area contributed by atoms with E-state index in [9.17, 15) is 9.59 Å². The molecular weight excluding hydrogens is 374 g/mol. The van der Waals surface area contributed by atoms with Gasteiger partial charge in [0.2, 0.25) is 0 Å². The number of rotatable bonds is 9. The highest BCUT2D eigenvalue weighted by Gasteiger charge is 2.34. The Labute approximate surface area is 163 Å². The van der Waals surface area contributed by atoms with Crippen molar-refractivity contribution in [1.82, 2.24) is 4.90 Å². The second kappa shape index (κ2) is 9.69. The number of carbonyl (C=O) groups is 2. The maximum Gasteiger partial charge on any atom is 0.293 e. The average molecular weight is 396 g/mol. The lowest BCUT2D eigenvalue weighted by atomic mass is 10.1. The first-order valence-corrected chi connectivity index (χ1v) is 9.66. The third-order valence-corrected chi connectivity index (χ3v) is 4.77. The van der Waals surface area contributed by atoms with Crippen LogP contribution in [0.3, 0.4) is 0 Å². The highest BCUT2D eigenvalue weighted by atomic mass is 35.5. The standard InChI is InChI=1S/C19H22ClNO4S/c1-4-7-8-21-18(22)16(26-19(21)23)12-13-10-14(20)17(25-9-5-2)15(11-13)24-6-3/h5,10-12H,2,4,6-9H2,1,3H3/b16-12-. The molecule has 0 atom stereocenters. The second-order valence-electron chi connectivity index (χ2n) is 5.55. The van der Waals surface area contributed by atoms with Gasteiger partial charge in [0, 0.05) is 6.54 Å². The van der Waals surface area contributed by atoms with E-state index in [4.69, 9.17) is 21.1 Å². The molecule has 5 nitrogen and oxygen atoms in total. The molecule has 0 N–H and O–H groups in total. The summed E-state index contributed by atoms with van der Waals surface area (Å²) in [6.07, 6.45) is 4.98. The molecule has 0 aliphatic carbocycles. The summed E-state index contributed by atoms with van der Waals surface area (Å²) in [7, 11) is 0. The number of benzene rings is 1. The fourth-order valence-electron chi connectivity index (χ4n) is 2.38. The Hall–Kier alpha value is -1.92. The molecule has 1 fully saturated rings. The molecule has 1 aliphatic rings. The second-order valence-corrected chi connectivity index (χ2v) is 6.95. The zero-order chi connectivity index (χ0) is 19.1. The fourth-order valence-corrected chi connectivity index (χ4v) is 3.52. The first kappa shape index (κ1) is 20.4. The van der Waals surface area contributed by atoms with Gasteiger partial charge in [0.25, 0.3) is 11.1 Å². The van der Waals surface area contributed by atoms with Gasteiger partial charge < -0.3 is 9.47 Å². The Bertz CT molecular complexity index is 732. The van der Waals surface area contributed by atoms with Crippen LogP contribution in [0.1, 0.15) is 32.3 Å². The smallest absolute Gasteiger partial charge is 0.293 e. The zero-order valence-electron chi connectivity index (χ0n) is 14.9. The SMILES string of the molecule is C=CCOc1c(Cl)cc(/C=C2\SC(=O)N(CCCC)C2=O)cc1OCC. The van der Waals surface area contributed by atoms with Gasteiger partial charge in [0.15, 0.2) is 11.5 Å². The number of ether oxygens (including phenoxy) is 2. The van der Waals surface area contributed by atoms with Crippen LogP contribution in [0.25, 0.3) is 6.08 Å². The van der Waals surface area contributed by atoms with Crippen molar-refractivity contribution in [3.05, 3.63) is 40.3 Å². The van der Waals surface area contributed by atoms with Gasteiger partial charge in [-0.15, -0.1) is 0 Å². The summed E-state index contributed by atoms with van der Waals surface area (Å²) in [5.74, 6) is 0.648. The number of thioether (sulfide) groups is 1. The number of unbranched alkanes of at least 4 members (excludes halogenated alkanes) is 1. The first-order chi connectivity index (χ1) is 12.5. The summed E-state index contributed by atoms with van der Waals surface area (Å²) in [4.78, 5) is 26.2. The molecular formula is C19H22ClNO4S. The van der Waals surface area contributed by atoms with Crippen LogP contribution in [-0.2, 0) is 4.79 Å². The van der Waals surface area contributed by atoms with E-state index in [0.29, 0.717) is 46.7 Å². The van der Waals surface area contributed by atoms with Crippen molar-refractivity contribution >= 4 is 40.6 Å². The molecule has 2 rings (SSSR count). The highest BCUT2D eigenvalue weighted by Crippen LogP contribution is 2.39. The molecule has 0 saturated carbocycles. The molecule has 0 bridgehead atoms. The average Bonchev–Trinajstić information content (AvgIpc) is 2.86. The number of amides is 2. The van der Waals surface area contributed by atoms with Crippen molar-refractivity contribution in [2.45, 2.75) is 26.7 Å². The predicted octanol–water partition coefficient (Wildman–Crippen LogP) is 5.14. The number of nitrogens with zero attached hydrogens (tertiary/aromatic N) is 1. The number of hydrogen-bond donors (Lipinski definition) is 0. The van der Waals surface area contributed by atoms with Gasteiger partial charge in [-0.2, -0.15) is 0 Å². The summed E-state index contributed by atoms with van der Waals surface area (Å²) in [5, 5.41) is 0.131. The molecule has 0 spiro atoms. The van der Waals surface area contributed by atoms with Crippen molar-refractivity contribution in [2.24, 2.45) is 0 Å². The van der Waals surface area contributed by atoms with Crippen molar-refractivity contribution in [1.29, 1.82) is 0 Å². The van der Waals surface area contributed by atoms with E-state index in [0.717, 1.165) is 24.6 Å². The normalized spacial score (nSPS) is 15.7. The molecule has 1 heterocycles. The van der Waals surface area contributed by atoms with Gasteiger partial charge in [0.05, 0.1) is 16.5 Å². The van der Waals surface area contributed by atoms with E-state index in [2.05, 4.69) is 6.58 Å². The summed E-state index contributed by atoms with van der Waals surface area (Å²) in [6.45, 7) is 8.68. The van der Waals surface area contributed by atoms with Crippen molar-refractivity contribution < 1.29 is 19.1 Å². The van der Waals surface area contributed by atoms with Crippen LogP contribution in [-0.4, -0.2) is 35.8 Å². The lowest BCUT2D eigenvalue weighted by Gasteiger charge is -2.13. The Morgan fingerprint density at radius 3 is 2.69 bits per heavy atom. The lowest BCUT2D eigenvalue weighted by Crippen LogP contribution is -2.29. The summed E-state index contributed by atoms with van der Waals surface area (Å²) in [5.41, 5.74) is 0.672. The lowest BCUT2D eigenvalue weighted by molar-refractivity contribution is -0.122. The first-order valence-electron chi connectivity index (χ1n) is 8.47. The zero-order valence-corrected chi connectivity index (χ0v) is 16.5. The van der Waals surface area contributed by atoms with Crippen LogP contribution in [0.4, 0.5) is 4.79 Å². The van der Waals surface area contributed by atoms with Crippen LogP contribution in [0.5, 0.6) is 11.5 Å². The Balaban J connectivity index is 2.31. The number of carbonyl (C=O) groups excluding carboxylic acids is 2. The third-order valence-electron chi connectivity index (χ3n) is 3.58. The third kappa shape index (κ3) is 4.83. The molecule has 7 heteroatoms. The van der Waals surface area contributed by atoms with Crippen LogP contribution < -0.4 is 9.47 Å². The maximum atomic E-state index is 12.4. The van der Waals surface area contributed by atoms with Crippen LogP contribution in [0.2, 0.25) is 5.02 Å². The Kier molecular flexibility index (Phi) is 7.60. The van der Waals surface area contributed by atoms with Crippen molar-refractivity contribution in [3.8, 4) is 11.5 Å². The summed E-state index contributed by atoms with van der Waals surface area (Å²) < 4.78 is 11.2. The van der Waals surface area contributed by atoms with E-state index in [-0.39, 0.29) is 11.1 Å². The Morgan fingerprint density at radius 2 is 2.04 bits per heavy atom. The minimum atomic E-state index is -0.269. The maximum absolute atomic E-state index is 12.4. The van der Waals surface area contributed by atoms with E-state index < -0.39 is 0 Å². The van der Waals surface area contributed by atoms with Crippen LogP contribution >= 0.6 is 23.4 Å². The number of halogens is 1. The van der Waals surface area contributed by atoms with Crippen molar-refractivity contribution in [3.63, 3.8) is 0 Å². The van der Waals surface area contributed by atoms with Gasteiger partial charge in [-0.1, -0.05) is 37.6 Å². The molecule has 0 radical (unpaired) electrons. The van der Waals surface area contributed by atoms with Gasteiger partial charge in [-0.25, -0.2) is 0 Å². The number of hydrogen-bond acceptors (Lipinski definition) is 5. The fraction of sp³-hybridized carbons (Fsp3) is 0.368. The Morgan fingerprint density at radius 1 is 1.27 bits per heavy atom. The molecule has 1 saturated heterocycles. The molecule has 1 aromatic rings. The molecule has 0 aromatic heterocycles. The van der Waals surface area contributed by atoms with Gasteiger partial charge in [-0.05, 0) is 48.9 Å². The van der Waals surface area contributed by atoms with Crippen molar-refractivity contribution in [2.75, 3.05) is 19.8 Å². The predicted molar refractivity (Wildman–Crippen MR) is 106 cm³/mol. The monoisotopic (exact) mass is 395 g/mol. The minimum absolute atomic E-state index is 0.239. The molecule has 1 aromatic carbocycles. The van der Waals surface area contributed by atoms with Gasteiger partial charge >= 0.3 is 0 Å². The number of imide groups is 1. The van der Waals surface area contributed by atoms with E-state index >= 15 is 0 Å². The molecule has 140 valence electrons. The minimum Gasteiger partial charge on any atom is -0.490 e. The molecule has 0 unspecified atom stereocenters. The topological polar surface area (TPSA) is 55.8 Å². The highest BCUT2D eigenvalue weighted by molar-refractivity contribution is 8.18. The molecule has 1 aliphatic heterocycles. The van der Waals surface area contributed by atoms with Gasteiger partial charge in [0.1, 0.15) is 6.61 Å². The molecule has 2 amide bonds. The largest absolute Gasteiger partial charge is 0.490 e. The van der Waals surface area contributed by atoms with Gasteiger partial charge in [-0.3, -0.25) is 14.5 Å². The quantitative estimate of drug-likeness (QED) is 0.428. The summed E-state index contributed by atoms with van der Waals surface area (Å²) >= 11 is 7.26. The van der Waals surface area contributed by atoms with Crippen LogP contribution in [0, 0.1) is 0 Å². The van der Waals surface area contributed by atoms with E-state index in [1.807, 2.05) is 13.8 Å². The van der Waals surface area contributed by atoms with Crippen LogP contribution in [0.15, 0.2) is 29.7 Å².